The summed E-state index contributed by atoms with van der Waals surface area (Å²) in [6.07, 6.45) is 1.53. The number of imide groups is 1. The van der Waals surface area contributed by atoms with E-state index in [-0.39, 0.29) is 11.5 Å². The first kappa shape index (κ1) is 20.6. The van der Waals surface area contributed by atoms with E-state index in [0.717, 1.165) is 16.7 Å². The molecule has 1 aromatic rings. The molecule has 0 aromatic heterocycles. The van der Waals surface area contributed by atoms with Gasteiger partial charge in [-0.05, 0) is 49.4 Å². The SMILES string of the molecule is CCOC(=O)C(C)N1C(=O)S/C(=C/c2cc(OC)c(OC)c(OC)c2)C1=O. The normalized spacial score (nSPS) is 16.5. The van der Waals surface area contributed by atoms with Gasteiger partial charge in [0.15, 0.2) is 11.5 Å². The molecule has 0 N–H and O–H groups in total. The number of thioether (sulfide) groups is 1. The number of rotatable bonds is 7. The monoisotopic (exact) mass is 395 g/mol. The first-order valence-corrected chi connectivity index (χ1v) is 8.93. The summed E-state index contributed by atoms with van der Waals surface area (Å²) >= 11 is 0.755. The highest BCUT2D eigenvalue weighted by molar-refractivity contribution is 8.18. The molecule has 27 heavy (non-hydrogen) atoms. The van der Waals surface area contributed by atoms with Gasteiger partial charge in [0.25, 0.3) is 11.1 Å². The second kappa shape index (κ2) is 8.81. The molecular formula is C18H21NO7S. The number of amides is 2. The predicted molar refractivity (Wildman–Crippen MR) is 100 cm³/mol. The summed E-state index contributed by atoms with van der Waals surface area (Å²) in [5.74, 6) is 0.0683. The van der Waals surface area contributed by atoms with E-state index in [1.165, 1.54) is 34.3 Å². The maximum absolute atomic E-state index is 12.6. The van der Waals surface area contributed by atoms with Crippen molar-refractivity contribution < 1.29 is 33.3 Å². The summed E-state index contributed by atoms with van der Waals surface area (Å²) in [5, 5.41) is -0.528. The summed E-state index contributed by atoms with van der Waals surface area (Å²) in [4.78, 5) is 37.8. The van der Waals surface area contributed by atoms with Crippen LogP contribution in [0.15, 0.2) is 17.0 Å². The van der Waals surface area contributed by atoms with Crippen molar-refractivity contribution in [1.82, 2.24) is 4.90 Å². The van der Waals surface area contributed by atoms with Crippen LogP contribution in [0, 0.1) is 0 Å². The highest BCUT2D eigenvalue weighted by Crippen LogP contribution is 2.40. The Balaban J connectivity index is 2.36. The fourth-order valence-corrected chi connectivity index (χ4v) is 3.43. The van der Waals surface area contributed by atoms with Gasteiger partial charge >= 0.3 is 5.97 Å². The molecule has 146 valence electrons. The predicted octanol–water partition coefficient (Wildman–Crippen LogP) is 2.70. The van der Waals surface area contributed by atoms with Crippen LogP contribution in [0.4, 0.5) is 4.79 Å². The average molecular weight is 395 g/mol. The molecule has 1 unspecified atom stereocenters. The summed E-state index contributed by atoms with van der Waals surface area (Å²) in [6.45, 7) is 3.28. The van der Waals surface area contributed by atoms with E-state index in [2.05, 4.69) is 0 Å². The van der Waals surface area contributed by atoms with Crippen LogP contribution in [0.1, 0.15) is 19.4 Å². The van der Waals surface area contributed by atoms with Crippen molar-refractivity contribution in [3.8, 4) is 17.2 Å². The molecule has 2 rings (SSSR count). The molecule has 1 aliphatic rings. The third kappa shape index (κ3) is 4.19. The second-order valence-electron chi connectivity index (χ2n) is 5.44. The van der Waals surface area contributed by atoms with E-state index < -0.39 is 23.2 Å². The number of hydrogen-bond donors (Lipinski definition) is 0. The molecule has 1 fully saturated rings. The highest BCUT2D eigenvalue weighted by atomic mass is 32.2. The van der Waals surface area contributed by atoms with Gasteiger partial charge in [0.1, 0.15) is 6.04 Å². The standard InChI is InChI=1S/C18H21NO7S/c1-6-26-17(21)10(2)19-16(20)14(27-18(19)22)9-11-7-12(23-3)15(25-5)13(8-11)24-4/h7-10H,6H2,1-5H3/b14-9+. The number of nitrogens with zero attached hydrogens (tertiary/aromatic N) is 1. The third-order valence-electron chi connectivity index (χ3n) is 3.82. The van der Waals surface area contributed by atoms with Crippen LogP contribution in [0.5, 0.6) is 17.2 Å². The maximum atomic E-state index is 12.6. The summed E-state index contributed by atoms with van der Waals surface area (Å²) in [5.41, 5.74) is 0.582. The molecule has 0 radical (unpaired) electrons. The van der Waals surface area contributed by atoms with Crippen LogP contribution in [0.2, 0.25) is 0 Å². The minimum Gasteiger partial charge on any atom is -0.493 e. The van der Waals surface area contributed by atoms with Crippen LogP contribution in [0.3, 0.4) is 0 Å². The molecular weight excluding hydrogens is 374 g/mol. The van der Waals surface area contributed by atoms with E-state index in [0.29, 0.717) is 22.8 Å². The fourth-order valence-electron chi connectivity index (χ4n) is 2.52. The molecule has 0 bridgehead atoms. The average Bonchev–Trinajstić information content (AvgIpc) is 2.93. The zero-order chi connectivity index (χ0) is 20.1. The zero-order valence-corrected chi connectivity index (χ0v) is 16.5. The van der Waals surface area contributed by atoms with Crippen LogP contribution >= 0.6 is 11.8 Å². The second-order valence-corrected chi connectivity index (χ2v) is 6.43. The molecule has 1 aromatic carbocycles. The molecule has 0 aliphatic carbocycles. The molecule has 1 saturated heterocycles. The van der Waals surface area contributed by atoms with Crippen LogP contribution in [-0.4, -0.2) is 56.0 Å². The van der Waals surface area contributed by atoms with Crippen molar-refractivity contribution in [2.45, 2.75) is 19.9 Å². The Morgan fingerprint density at radius 1 is 1.15 bits per heavy atom. The third-order valence-corrected chi connectivity index (χ3v) is 4.71. The molecule has 9 heteroatoms. The van der Waals surface area contributed by atoms with Gasteiger partial charge in [0.2, 0.25) is 5.75 Å². The number of esters is 1. The minimum atomic E-state index is -0.997. The summed E-state index contributed by atoms with van der Waals surface area (Å²) in [6, 6.07) is 2.32. The van der Waals surface area contributed by atoms with Crippen molar-refractivity contribution in [2.75, 3.05) is 27.9 Å². The summed E-state index contributed by atoms with van der Waals surface area (Å²) < 4.78 is 20.7. The molecule has 0 saturated carbocycles. The number of benzene rings is 1. The first-order chi connectivity index (χ1) is 12.9. The van der Waals surface area contributed by atoms with Gasteiger partial charge in [-0.2, -0.15) is 0 Å². The lowest BCUT2D eigenvalue weighted by Gasteiger charge is -2.19. The first-order valence-electron chi connectivity index (χ1n) is 8.11. The Morgan fingerprint density at radius 3 is 2.22 bits per heavy atom. The van der Waals surface area contributed by atoms with E-state index in [9.17, 15) is 14.4 Å². The molecule has 1 atom stereocenters. The van der Waals surface area contributed by atoms with Gasteiger partial charge in [-0.15, -0.1) is 0 Å². The lowest BCUT2D eigenvalue weighted by Crippen LogP contribution is -2.42. The van der Waals surface area contributed by atoms with Gasteiger partial charge in [-0.25, -0.2) is 4.79 Å². The topological polar surface area (TPSA) is 91.4 Å². The Kier molecular flexibility index (Phi) is 6.73. The Hall–Kier alpha value is -2.68. The number of methoxy groups -OCH3 is 3. The van der Waals surface area contributed by atoms with Crippen molar-refractivity contribution >= 4 is 35.0 Å². The van der Waals surface area contributed by atoms with Crippen LogP contribution < -0.4 is 14.2 Å². The number of carbonyl (C=O) groups is 3. The fraction of sp³-hybridized carbons (Fsp3) is 0.389. The zero-order valence-electron chi connectivity index (χ0n) is 15.7. The molecule has 8 nitrogen and oxygen atoms in total. The minimum absolute atomic E-state index is 0.167. The Bertz CT molecular complexity index is 765. The lowest BCUT2D eigenvalue weighted by molar-refractivity contribution is -0.150. The van der Waals surface area contributed by atoms with Gasteiger partial charge in [0, 0.05) is 0 Å². The quantitative estimate of drug-likeness (QED) is 0.514. The van der Waals surface area contributed by atoms with Crippen molar-refractivity contribution in [3.63, 3.8) is 0 Å². The van der Waals surface area contributed by atoms with E-state index in [4.69, 9.17) is 18.9 Å². The molecule has 1 heterocycles. The van der Waals surface area contributed by atoms with Gasteiger partial charge in [-0.3, -0.25) is 14.5 Å². The molecule has 0 spiro atoms. The Labute approximate surface area is 161 Å². The number of hydrogen-bond acceptors (Lipinski definition) is 8. The van der Waals surface area contributed by atoms with Crippen molar-refractivity contribution in [3.05, 3.63) is 22.6 Å². The number of ether oxygens (including phenoxy) is 4. The Morgan fingerprint density at radius 2 is 1.74 bits per heavy atom. The lowest BCUT2D eigenvalue weighted by atomic mass is 10.1. The van der Waals surface area contributed by atoms with Crippen LogP contribution in [0.25, 0.3) is 6.08 Å². The number of carbonyl (C=O) groups excluding carboxylic acids is 3. The largest absolute Gasteiger partial charge is 0.493 e. The van der Waals surface area contributed by atoms with E-state index >= 15 is 0 Å². The van der Waals surface area contributed by atoms with Crippen LogP contribution in [-0.2, 0) is 14.3 Å². The van der Waals surface area contributed by atoms with Gasteiger partial charge in [0.05, 0.1) is 32.8 Å². The maximum Gasteiger partial charge on any atom is 0.329 e. The van der Waals surface area contributed by atoms with E-state index in [1.54, 1.807) is 19.1 Å². The molecule has 2 amide bonds. The van der Waals surface area contributed by atoms with Gasteiger partial charge < -0.3 is 18.9 Å². The highest BCUT2D eigenvalue weighted by Gasteiger charge is 2.41. The smallest absolute Gasteiger partial charge is 0.329 e. The van der Waals surface area contributed by atoms with Gasteiger partial charge in [-0.1, -0.05) is 0 Å². The summed E-state index contributed by atoms with van der Waals surface area (Å²) in [7, 11) is 4.45. The molecule has 1 aliphatic heterocycles. The van der Waals surface area contributed by atoms with E-state index in [1.807, 2.05) is 0 Å². The van der Waals surface area contributed by atoms with Crippen molar-refractivity contribution in [1.29, 1.82) is 0 Å². The van der Waals surface area contributed by atoms with Crippen molar-refractivity contribution in [2.24, 2.45) is 0 Å².